The third-order valence-electron chi connectivity index (χ3n) is 5.30. The average Bonchev–Trinajstić information content (AvgIpc) is 2.62. The Bertz CT molecular complexity index is 440. The summed E-state index contributed by atoms with van der Waals surface area (Å²) in [5.74, 6) is 1.95. The number of nitrogens with zero attached hydrogens (tertiary/aromatic N) is 1. The van der Waals surface area contributed by atoms with Crippen molar-refractivity contribution in [2.75, 3.05) is 4.90 Å². The minimum atomic E-state index is 0. The van der Waals surface area contributed by atoms with Gasteiger partial charge in [-0.3, -0.25) is 0 Å². The Hall–Kier alpha value is 11.2. The van der Waals surface area contributed by atoms with Gasteiger partial charge in [-0.1, -0.05) is 26.5 Å². The minimum absolute atomic E-state index is 0. The van der Waals surface area contributed by atoms with Crippen molar-refractivity contribution in [3.63, 3.8) is 0 Å². The van der Waals surface area contributed by atoms with Crippen LogP contribution in [0.3, 0.4) is 0 Å². The van der Waals surface area contributed by atoms with Gasteiger partial charge in [-0.05, 0) is 25.7 Å². The predicted molar refractivity (Wildman–Crippen MR) is 83.4 cm³/mol. The summed E-state index contributed by atoms with van der Waals surface area (Å²) >= 11 is 0. The predicted octanol–water partition coefficient (Wildman–Crippen LogP) is 4.66. The zero-order valence-corrected chi connectivity index (χ0v) is 50.7. The van der Waals surface area contributed by atoms with Crippen LogP contribution >= 0.6 is 0 Å². The van der Waals surface area contributed by atoms with Gasteiger partial charge >= 0.3 is 0 Å². The second-order valence-electron chi connectivity index (χ2n) is 6.22. The zero-order valence-electron chi connectivity index (χ0n) is 19.5. The van der Waals surface area contributed by atoms with Crippen LogP contribution < -0.4 is 4.90 Å². The molecule has 2 unspecified atom stereocenters. The maximum atomic E-state index is 3.63. The van der Waals surface area contributed by atoms with Crippen molar-refractivity contribution in [1.82, 2.24) is 0 Å². The van der Waals surface area contributed by atoms with Crippen molar-refractivity contribution >= 4 is 5.69 Å². The Kier molecular flexibility index (Phi) is 87.0. The molecule has 0 saturated carbocycles. The molecule has 139 valence electrons. The molecule has 0 N–H and O–H groups in total. The second kappa shape index (κ2) is 38.2. The Morgan fingerprint density at radius 3 is 1.43 bits per heavy atom. The third kappa shape index (κ3) is 21.8. The number of rotatable bonds is 3. The molecular weight excluding hydrogens is 1210 g/mol. The molecule has 1 saturated heterocycles. The van der Waals surface area contributed by atoms with Crippen molar-refractivity contribution in [1.29, 1.82) is 0 Å². The van der Waals surface area contributed by atoms with E-state index >= 15 is 0 Å². The summed E-state index contributed by atoms with van der Waals surface area (Å²) in [4.78, 5) is 2.56. The Labute approximate surface area is 464 Å². The van der Waals surface area contributed by atoms with Crippen LogP contribution in [0.15, 0.2) is 18.2 Å². The molecular formula is C18H27NY11-2. The fraction of sp³-hybridized carbons (Fsp3) is 0.611. The van der Waals surface area contributed by atoms with Crippen LogP contribution in [0.5, 0.6) is 0 Å². The van der Waals surface area contributed by atoms with Crippen LogP contribution in [0, 0.1) is 24.3 Å². The molecule has 0 bridgehead atoms. The van der Waals surface area contributed by atoms with E-state index in [0.29, 0.717) is 18.0 Å². The molecule has 1 aliphatic rings. The van der Waals surface area contributed by atoms with Gasteiger partial charge in [-0.15, -0.1) is 6.07 Å². The molecule has 12 heteroatoms. The molecule has 1 heterocycles. The van der Waals surface area contributed by atoms with Crippen molar-refractivity contribution < 1.29 is 360 Å². The SMILES string of the molecule is C[CH-][C@@H](C)c1[c-]c(N2C(C)[C@H](C)C(C)[C@@H]2C)ccc1.[Y].[Y].[Y].[Y].[Y].[Y].[Y].[Y].[Y].[Y].[Y]. The van der Waals surface area contributed by atoms with E-state index in [-0.39, 0.29) is 360 Å². The molecule has 11 radical (unpaired) electrons. The van der Waals surface area contributed by atoms with Gasteiger partial charge in [0.1, 0.15) is 0 Å². The van der Waals surface area contributed by atoms with Gasteiger partial charge in [-0.25, -0.2) is 0 Å². The van der Waals surface area contributed by atoms with Crippen LogP contribution in [0.2, 0.25) is 0 Å². The molecule has 0 aliphatic carbocycles. The van der Waals surface area contributed by atoms with Crippen LogP contribution in [-0.4, -0.2) is 12.1 Å². The van der Waals surface area contributed by atoms with Gasteiger partial charge in [0.15, 0.2) is 0 Å². The van der Waals surface area contributed by atoms with Crippen LogP contribution in [0.25, 0.3) is 0 Å². The van der Waals surface area contributed by atoms with E-state index in [2.05, 4.69) is 77.1 Å². The quantitative estimate of drug-likeness (QED) is 0.399. The van der Waals surface area contributed by atoms with Crippen molar-refractivity contribution in [2.24, 2.45) is 11.8 Å². The first kappa shape index (κ1) is 68.4. The van der Waals surface area contributed by atoms with E-state index in [1.165, 1.54) is 11.3 Å². The van der Waals surface area contributed by atoms with E-state index in [0.717, 1.165) is 11.8 Å². The normalized spacial score (nSPS) is 20.7. The third-order valence-corrected chi connectivity index (χ3v) is 5.30. The fourth-order valence-electron chi connectivity index (χ4n) is 3.26. The molecule has 1 nitrogen and oxygen atoms in total. The largest absolute Gasteiger partial charge is 0.388 e. The summed E-state index contributed by atoms with van der Waals surface area (Å²) < 4.78 is 0. The first-order valence-electron chi connectivity index (χ1n) is 7.57. The maximum absolute atomic E-state index is 3.63. The minimum Gasteiger partial charge on any atom is -0.388 e. The molecule has 5 atom stereocenters. The number of anilines is 1. The molecule has 1 fully saturated rings. The van der Waals surface area contributed by atoms with Gasteiger partial charge in [0.2, 0.25) is 0 Å². The molecule has 1 aromatic carbocycles. The Morgan fingerprint density at radius 1 is 0.733 bits per heavy atom. The van der Waals surface area contributed by atoms with E-state index in [1.54, 1.807) is 0 Å². The Balaban J connectivity index is -0.0000000455. The molecule has 2 rings (SSSR count). The maximum Gasteiger partial charge on any atom is 0.0272 e. The monoisotopic (exact) mass is 1240 g/mol. The van der Waals surface area contributed by atoms with Crippen LogP contribution in [0.4, 0.5) is 5.69 Å². The summed E-state index contributed by atoms with van der Waals surface area (Å²) in [6, 6.07) is 11.4. The molecule has 0 amide bonds. The zero-order chi connectivity index (χ0) is 14.2. The summed E-state index contributed by atoms with van der Waals surface area (Å²) in [5.41, 5.74) is 2.56. The van der Waals surface area contributed by atoms with E-state index in [1.807, 2.05) is 0 Å². The fourth-order valence-corrected chi connectivity index (χ4v) is 3.26. The van der Waals surface area contributed by atoms with Crippen molar-refractivity contribution in [3.8, 4) is 0 Å². The Morgan fingerprint density at radius 2 is 1.10 bits per heavy atom. The van der Waals surface area contributed by atoms with Gasteiger partial charge in [0.05, 0.1) is 0 Å². The number of benzene rings is 1. The van der Waals surface area contributed by atoms with E-state index < -0.39 is 0 Å². The molecule has 30 heavy (non-hydrogen) atoms. The number of hydrogen-bond acceptors (Lipinski definition) is 1. The van der Waals surface area contributed by atoms with E-state index in [4.69, 9.17) is 0 Å². The summed E-state index contributed by atoms with van der Waals surface area (Å²) in [6.07, 6.45) is 2.23. The second-order valence-corrected chi connectivity index (χ2v) is 6.22. The summed E-state index contributed by atoms with van der Waals surface area (Å²) in [6.45, 7) is 13.8. The molecule has 1 aliphatic heterocycles. The smallest absolute Gasteiger partial charge is 0.0272 e. The summed E-state index contributed by atoms with van der Waals surface area (Å²) in [5, 5.41) is 0. The average molecular weight is 1240 g/mol. The van der Waals surface area contributed by atoms with Crippen molar-refractivity contribution in [3.05, 3.63) is 36.2 Å². The van der Waals surface area contributed by atoms with Crippen LogP contribution in [0.1, 0.15) is 53.0 Å². The van der Waals surface area contributed by atoms with Gasteiger partial charge in [0.25, 0.3) is 0 Å². The van der Waals surface area contributed by atoms with E-state index in [9.17, 15) is 0 Å². The molecule has 0 aromatic heterocycles. The summed E-state index contributed by atoms with van der Waals surface area (Å²) in [7, 11) is 0. The van der Waals surface area contributed by atoms with Crippen molar-refractivity contribution in [2.45, 2.75) is 59.5 Å². The van der Waals surface area contributed by atoms with Gasteiger partial charge < -0.3 is 11.3 Å². The molecule has 1 aromatic rings. The van der Waals surface area contributed by atoms with Gasteiger partial charge in [0, 0.05) is 372 Å². The number of hydrogen-bond donors (Lipinski definition) is 0. The molecule has 0 spiro atoms. The van der Waals surface area contributed by atoms with Gasteiger partial charge in [-0.2, -0.15) is 36.6 Å². The first-order chi connectivity index (χ1) is 8.97. The first-order valence-corrected chi connectivity index (χ1v) is 7.57. The topological polar surface area (TPSA) is 3.24 Å². The van der Waals surface area contributed by atoms with Crippen LogP contribution in [-0.2, 0) is 360 Å². The standard InChI is InChI=1S/C18H27N.11Y/c1-7-12(2)17-9-8-10-18(11-17)19-15(5)13(3)14(4)16(19)6;;;;;;;;;;;/h7-10,12-16H,1-6H3;;;;;;;;;;;/q-2;;;;;;;;;;;/t12-,13-,14?,15?,16+;;;;;;;;;;;/m1.........../s1.